The van der Waals surface area contributed by atoms with Crippen LogP contribution in [0.3, 0.4) is 0 Å². The molecule has 0 saturated heterocycles. The molecule has 0 spiro atoms. The summed E-state index contributed by atoms with van der Waals surface area (Å²) >= 11 is 0. The van der Waals surface area contributed by atoms with E-state index in [0.717, 1.165) is 42.3 Å². The summed E-state index contributed by atoms with van der Waals surface area (Å²) in [5.41, 5.74) is 5.94. The van der Waals surface area contributed by atoms with Gasteiger partial charge in [0.15, 0.2) is 5.82 Å². The maximum absolute atomic E-state index is 4.76. The van der Waals surface area contributed by atoms with Crippen LogP contribution < -0.4 is 5.32 Å². The van der Waals surface area contributed by atoms with Crippen LogP contribution in [0.25, 0.3) is 11.4 Å². The molecule has 0 unspecified atom stereocenters. The molecule has 2 rings (SSSR count). The Kier molecular flexibility index (Phi) is 4.94. The molecule has 3 heteroatoms. The standard InChI is InChI=1S/C18H25N3/c1-6-10-19-18-16(7-2)14(5)20-17(21-18)15-9-8-12(3)13(4)11-15/h8-9,11H,6-7,10H2,1-5H3,(H,19,20,21). The second kappa shape index (κ2) is 6.70. The first kappa shape index (κ1) is 15.5. The lowest BCUT2D eigenvalue weighted by molar-refractivity contribution is 0.938. The van der Waals surface area contributed by atoms with Crippen LogP contribution in [0.5, 0.6) is 0 Å². The molecule has 0 aliphatic rings. The maximum Gasteiger partial charge on any atom is 0.161 e. The van der Waals surface area contributed by atoms with Gasteiger partial charge in [-0.15, -0.1) is 0 Å². The molecule has 112 valence electrons. The number of hydrogen-bond donors (Lipinski definition) is 1. The smallest absolute Gasteiger partial charge is 0.161 e. The Morgan fingerprint density at radius 1 is 1.00 bits per heavy atom. The largest absolute Gasteiger partial charge is 0.370 e. The number of nitrogens with zero attached hydrogens (tertiary/aromatic N) is 2. The van der Waals surface area contributed by atoms with Gasteiger partial charge in [0.1, 0.15) is 5.82 Å². The number of aromatic nitrogens is 2. The molecule has 1 heterocycles. The summed E-state index contributed by atoms with van der Waals surface area (Å²) in [6.07, 6.45) is 2.04. The average Bonchev–Trinajstić information content (AvgIpc) is 2.47. The Morgan fingerprint density at radius 2 is 1.76 bits per heavy atom. The van der Waals surface area contributed by atoms with Gasteiger partial charge in [0.05, 0.1) is 0 Å². The lowest BCUT2D eigenvalue weighted by Gasteiger charge is -2.14. The van der Waals surface area contributed by atoms with E-state index >= 15 is 0 Å². The van der Waals surface area contributed by atoms with Gasteiger partial charge in [0.2, 0.25) is 0 Å². The van der Waals surface area contributed by atoms with Gasteiger partial charge in [0, 0.05) is 23.4 Å². The third kappa shape index (κ3) is 3.41. The van der Waals surface area contributed by atoms with Gasteiger partial charge in [-0.25, -0.2) is 9.97 Å². The highest BCUT2D eigenvalue weighted by Crippen LogP contribution is 2.24. The van der Waals surface area contributed by atoms with Gasteiger partial charge >= 0.3 is 0 Å². The fourth-order valence-corrected chi connectivity index (χ4v) is 2.42. The van der Waals surface area contributed by atoms with Gasteiger partial charge in [-0.2, -0.15) is 0 Å². The van der Waals surface area contributed by atoms with Crippen LogP contribution >= 0.6 is 0 Å². The first-order valence-corrected chi connectivity index (χ1v) is 7.75. The highest BCUT2D eigenvalue weighted by Gasteiger charge is 2.11. The van der Waals surface area contributed by atoms with Crippen molar-refractivity contribution in [3.8, 4) is 11.4 Å². The molecule has 0 aliphatic carbocycles. The van der Waals surface area contributed by atoms with Crippen LogP contribution in [0.1, 0.15) is 42.7 Å². The molecule has 0 amide bonds. The maximum atomic E-state index is 4.76. The molecule has 0 atom stereocenters. The van der Waals surface area contributed by atoms with E-state index < -0.39 is 0 Å². The van der Waals surface area contributed by atoms with Crippen LogP contribution in [0.15, 0.2) is 18.2 Å². The van der Waals surface area contributed by atoms with Crippen molar-refractivity contribution >= 4 is 5.82 Å². The van der Waals surface area contributed by atoms with E-state index in [2.05, 4.69) is 58.1 Å². The average molecular weight is 283 g/mol. The van der Waals surface area contributed by atoms with Crippen molar-refractivity contribution in [2.24, 2.45) is 0 Å². The van der Waals surface area contributed by atoms with E-state index in [0.29, 0.717) is 0 Å². The monoisotopic (exact) mass is 283 g/mol. The molecule has 1 N–H and O–H groups in total. The number of nitrogens with one attached hydrogen (secondary N) is 1. The lowest BCUT2D eigenvalue weighted by atomic mass is 10.1. The minimum atomic E-state index is 0.811. The first-order chi connectivity index (χ1) is 10.1. The SMILES string of the molecule is CCCNc1nc(-c2ccc(C)c(C)c2)nc(C)c1CC. The molecule has 0 aliphatic heterocycles. The zero-order valence-corrected chi connectivity index (χ0v) is 13.7. The molecule has 0 bridgehead atoms. The second-order valence-electron chi connectivity index (χ2n) is 5.54. The van der Waals surface area contributed by atoms with Crippen molar-refractivity contribution in [2.45, 2.75) is 47.5 Å². The van der Waals surface area contributed by atoms with Crippen LogP contribution in [-0.2, 0) is 6.42 Å². The predicted octanol–water partition coefficient (Wildman–Crippen LogP) is 4.45. The van der Waals surface area contributed by atoms with Crippen LogP contribution in [0, 0.1) is 20.8 Å². The molecule has 3 nitrogen and oxygen atoms in total. The lowest BCUT2D eigenvalue weighted by Crippen LogP contribution is -2.09. The topological polar surface area (TPSA) is 37.8 Å². The summed E-state index contributed by atoms with van der Waals surface area (Å²) in [6.45, 7) is 11.6. The summed E-state index contributed by atoms with van der Waals surface area (Å²) in [5, 5.41) is 3.44. The number of rotatable bonds is 5. The summed E-state index contributed by atoms with van der Waals surface area (Å²) < 4.78 is 0. The summed E-state index contributed by atoms with van der Waals surface area (Å²) in [4.78, 5) is 9.46. The quantitative estimate of drug-likeness (QED) is 0.880. The van der Waals surface area contributed by atoms with Gasteiger partial charge < -0.3 is 5.32 Å². The Hall–Kier alpha value is -1.90. The van der Waals surface area contributed by atoms with E-state index in [4.69, 9.17) is 9.97 Å². The van der Waals surface area contributed by atoms with E-state index in [1.54, 1.807) is 0 Å². The Labute approximate surface area is 127 Å². The van der Waals surface area contributed by atoms with Crippen LogP contribution in [0.2, 0.25) is 0 Å². The third-order valence-electron chi connectivity index (χ3n) is 3.88. The highest BCUT2D eigenvalue weighted by atomic mass is 15.0. The number of anilines is 1. The number of hydrogen-bond acceptors (Lipinski definition) is 3. The molecule has 0 radical (unpaired) electrons. The molecule has 2 aromatic rings. The highest BCUT2D eigenvalue weighted by molar-refractivity contribution is 5.61. The zero-order valence-electron chi connectivity index (χ0n) is 13.7. The molecular formula is C18H25N3. The van der Waals surface area contributed by atoms with Crippen molar-refractivity contribution in [3.05, 3.63) is 40.6 Å². The summed E-state index contributed by atoms with van der Waals surface area (Å²) in [7, 11) is 0. The number of benzene rings is 1. The van der Waals surface area contributed by atoms with Gasteiger partial charge in [-0.3, -0.25) is 0 Å². The van der Waals surface area contributed by atoms with E-state index in [9.17, 15) is 0 Å². The molecule has 21 heavy (non-hydrogen) atoms. The van der Waals surface area contributed by atoms with E-state index in [1.165, 1.54) is 16.7 Å². The van der Waals surface area contributed by atoms with Gasteiger partial charge in [0.25, 0.3) is 0 Å². The number of aryl methyl sites for hydroxylation is 3. The molecular weight excluding hydrogens is 258 g/mol. The van der Waals surface area contributed by atoms with Crippen molar-refractivity contribution in [1.29, 1.82) is 0 Å². The molecule has 1 aromatic carbocycles. The molecule has 0 saturated carbocycles. The van der Waals surface area contributed by atoms with Gasteiger partial charge in [-0.1, -0.05) is 26.0 Å². The van der Waals surface area contributed by atoms with E-state index in [-0.39, 0.29) is 0 Å². The summed E-state index contributed by atoms with van der Waals surface area (Å²) in [6, 6.07) is 6.40. The van der Waals surface area contributed by atoms with Gasteiger partial charge in [-0.05, 0) is 50.8 Å². The van der Waals surface area contributed by atoms with Crippen LogP contribution in [-0.4, -0.2) is 16.5 Å². The predicted molar refractivity (Wildman–Crippen MR) is 89.8 cm³/mol. The Morgan fingerprint density at radius 3 is 2.38 bits per heavy atom. The van der Waals surface area contributed by atoms with Crippen molar-refractivity contribution in [3.63, 3.8) is 0 Å². The molecule has 0 fully saturated rings. The van der Waals surface area contributed by atoms with E-state index in [1.807, 2.05) is 0 Å². The first-order valence-electron chi connectivity index (χ1n) is 7.75. The molecule has 1 aromatic heterocycles. The van der Waals surface area contributed by atoms with Crippen LogP contribution in [0.4, 0.5) is 5.82 Å². The second-order valence-corrected chi connectivity index (χ2v) is 5.54. The fourth-order valence-electron chi connectivity index (χ4n) is 2.42. The zero-order chi connectivity index (χ0) is 15.4. The Balaban J connectivity index is 2.48. The minimum Gasteiger partial charge on any atom is -0.370 e. The third-order valence-corrected chi connectivity index (χ3v) is 3.88. The van der Waals surface area contributed by atoms with Crippen molar-refractivity contribution in [2.75, 3.05) is 11.9 Å². The van der Waals surface area contributed by atoms with Crippen molar-refractivity contribution in [1.82, 2.24) is 9.97 Å². The fraction of sp³-hybridized carbons (Fsp3) is 0.444. The summed E-state index contributed by atoms with van der Waals surface area (Å²) in [5.74, 6) is 1.80. The Bertz CT molecular complexity index is 633. The minimum absolute atomic E-state index is 0.811. The van der Waals surface area contributed by atoms with Crippen molar-refractivity contribution < 1.29 is 0 Å². The normalized spacial score (nSPS) is 10.7.